The van der Waals surface area contributed by atoms with Gasteiger partial charge in [0.2, 0.25) is 0 Å². The molecule has 0 heterocycles. The molecule has 0 aliphatic rings. The summed E-state index contributed by atoms with van der Waals surface area (Å²) in [6.45, 7) is 2.32. The largest absolute Gasteiger partial charge is 0.485 e. The molecule has 0 saturated carbocycles. The number of amides is 1. The van der Waals surface area contributed by atoms with Gasteiger partial charge in [-0.2, -0.15) is 0 Å². The molecule has 0 aromatic heterocycles. The van der Waals surface area contributed by atoms with E-state index in [2.05, 4.69) is 0 Å². The molecule has 0 spiro atoms. The highest BCUT2D eigenvalue weighted by atomic mass is 16.5. The number of carbonyl (C=O) groups excluding carboxylic acids is 1. The van der Waals surface area contributed by atoms with Crippen LogP contribution in [0.15, 0.2) is 54.6 Å². The number of aryl methyl sites for hydroxylation is 1. The number of ether oxygens (including phenoxy) is 2. The molecule has 116 valence electrons. The molecule has 4 nitrogen and oxygen atoms in total. The second-order valence-electron chi connectivity index (χ2n) is 5.09. The van der Waals surface area contributed by atoms with Crippen molar-refractivity contribution in [2.24, 2.45) is 5.73 Å². The Balaban J connectivity index is 2.05. The second-order valence-corrected chi connectivity index (χ2v) is 5.09. The molecule has 0 bridgehead atoms. The number of hydrogen-bond donors (Lipinski definition) is 1. The van der Waals surface area contributed by atoms with Crippen molar-refractivity contribution in [1.82, 2.24) is 0 Å². The highest BCUT2D eigenvalue weighted by Crippen LogP contribution is 2.28. The van der Waals surface area contributed by atoms with Gasteiger partial charge >= 0.3 is 6.09 Å². The molecule has 2 N–H and O–H groups in total. The maximum absolute atomic E-state index is 10.6. The fraction of sp³-hybridized carbons (Fsp3) is 0.278. The first-order chi connectivity index (χ1) is 10.7. The standard InChI is InChI=1S/C18H21NO3/c1-14-8-5-6-11-16(14)22-17(12-7-13-21-18(19)20)15-9-3-2-4-10-15/h2-6,8-11,17H,7,12-13H2,1H3,(H2,19,20)/t17-/m1/s1. The Morgan fingerprint density at radius 2 is 1.77 bits per heavy atom. The number of hydrogen-bond acceptors (Lipinski definition) is 3. The third-order valence-electron chi connectivity index (χ3n) is 3.39. The lowest BCUT2D eigenvalue weighted by atomic mass is 10.0. The number of rotatable bonds is 7. The Morgan fingerprint density at radius 1 is 1.09 bits per heavy atom. The summed E-state index contributed by atoms with van der Waals surface area (Å²) < 4.78 is 11.0. The zero-order chi connectivity index (χ0) is 15.8. The summed E-state index contributed by atoms with van der Waals surface area (Å²) in [5.41, 5.74) is 7.17. The van der Waals surface area contributed by atoms with Gasteiger partial charge in [-0.15, -0.1) is 0 Å². The number of primary amides is 1. The van der Waals surface area contributed by atoms with Crippen molar-refractivity contribution in [2.45, 2.75) is 25.9 Å². The fourth-order valence-corrected chi connectivity index (χ4v) is 2.24. The van der Waals surface area contributed by atoms with Crippen LogP contribution in [0.3, 0.4) is 0 Å². The van der Waals surface area contributed by atoms with E-state index in [-0.39, 0.29) is 6.10 Å². The van der Waals surface area contributed by atoms with Crippen LogP contribution in [0, 0.1) is 6.92 Å². The number of carbonyl (C=O) groups is 1. The van der Waals surface area contributed by atoms with Crippen LogP contribution in [0.25, 0.3) is 0 Å². The van der Waals surface area contributed by atoms with Gasteiger partial charge in [0, 0.05) is 0 Å². The smallest absolute Gasteiger partial charge is 0.404 e. The first kappa shape index (κ1) is 15.9. The lowest BCUT2D eigenvalue weighted by Gasteiger charge is -2.21. The molecule has 1 atom stereocenters. The van der Waals surface area contributed by atoms with E-state index >= 15 is 0 Å². The minimum absolute atomic E-state index is 0.0845. The van der Waals surface area contributed by atoms with Gasteiger partial charge in [-0.05, 0) is 37.0 Å². The number of benzene rings is 2. The van der Waals surface area contributed by atoms with E-state index in [0.29, 0.717) is 13.0 Å². The van der Waals surface area contributed by atoms with Crippen molar-refractivity contribution in [2.75, 3.05) is 6.61 Å². The lowest BCUT2D eigenvalue weighted by Crippen LogP contribution is -2.15. The summed E-state index contributed by atoms with van der Waals surface area (Å²) in [4.78, 5) is 10.6. The molecule has 0 unspecified atom stereocenters. The van der Waals surface area contributed by atoms with E-state index in [1.54, 1.807) is 0 Å². The minimum atomic E-state index is -0.740. The SMILES string of the molecule is Cc1ccccc1O[C@H](CCCOC(N)=O)c1ccccc1. The van der Waals surface area contributed by atoms with Gasteiger partial charge in [-0.1, -0.05) is 48.5 Å². The number of nitrogens with two attached hydrogens (primary N) is 1. The van der Waals surface area contributed by atoms with Crippen LogP contribution in [0.1, 0.15) is 30.1 Å². The van der Waals surface area contributed by atoms with Gasteiger partial charge in [0.15, 0.2) is 0 Å². The van der Waals surface area contributed by atoms with Gasteiger partial charge in [-0.25, -0.2) is 4.79 Å². The number of para-hydroxylation sites is 1. The molecular formula is C18H21NO3. The average Bonchev–Trinajstić information content (AvgIpc) is 2.53. The van der Waals surface area contributed by atoms with Crippen LogP contribution < -0.4 is 10.5 Å². The van der Waals surface area contributed by atoms with E-state index in [4.69, 9.17) is 15.2 Å². The van der Waals surface area contributed by atoms with E-state index in [9.17, 15) is 4.79 Å². The molecule has 0 saturated heterocycles. The molecule has 2 rings (SSSR count). The summed E-state index contributed by atoms with van der Waals surface area (Å²) >= 11 is 0. The van der Waals surface area contributed by atoms with Crippen LogP contribution in [0.2, 0.25) is 0 Å². The van der Waals surface area contributed by atoms with Gasteiger partial charge in [-0.3, -0.25) is 0 Å². The predicted octanol–water partition coefficient (Wildman–Crippen LogP) is 3.99. The van der Waals surface area contributed by atoms with Crippen molar-refractivity contribution in [3.05, 3.63) is 65.7 Å². The second kappa shape index (κ2) is 8.08. The molecule has 0 aliphatic heterocycles. The molecular weight excluding hydrogens is 278 g/mol. The lowest BCUT2D eigenvalue weighted by molar-refractivity contribution is 0.139. The van der Waals surface area contributed by atoms with E-state index in [0.717, 1.165) is 23.3 Å². The Morgan fingerprint density at radius 3 is 2.45 bits per heavy atom. The molecule has 0 aliphatic carbocycles. The highest BCUT2D eigenvalue weighted by molar-refractivity contribution is 5.64. The van der Waals surface area contributed by atoms with Crippen LogP contribution in [0.4, 0.5) is 4.79 Å². The van der Waals surface area contributed by atoms with Gasteiger partial charge in [0.1, 0.15) is 11.9 Å². The van der Waals surface area contributed by atoms with Crippen LogP contribution in [0.5, 0.6) is 5.75 Å². The molecule has 2 aromatic carbocycles. The molecule has 2 aromatic rings. The Labute approximate surface area is 130 Å². The van der Waals surface area contributed by atoms with Crippen LogP contribution in [-0.4, -0.2) is 12.7 Å². The quantitative estimate of drug-likeness (QED) is 0.786. The monoisotopic (exact) mass is 299 g/mol. The first-order valence-corrected chi connectivity index (χ1v) is 7.36. The summed E-state index contributed by atoms with van der Waals surface area (Å²) in [6, 6.07) is 18.0. The first-order valence-electron chi connectivity index (χ1n) is 7.36. The van der Waals surface area contributed by atoms with E-state index in [1.807, 2.05) is 61.5 Å². The fourth-order valence-electron chi connectivity index (χ4n) is 2.24. The average molecular weight is 299 g/mol. The van der Waals surface area contributed by atoms with Crippen molar-refractivity contribution in [1.29, 1.82) is 0 Å². The van der Waals surface area contributed by atoms with Gasteiger partial charge < -0.3 is 15.2 Å². The van der Waals surface area contributed by atoms with Crippen molar-refractivity contribution in [3.63, 3.8) is 0 Å². The van der Waals surface area contributed by atoms with Crippen LogP contribution >= 0.6 is 0 Å². The third kappa shape index (κ3) is 4.81. The maximum atomic E-state index is 10.6. The topological polar surface area (TPSA) is 61.6 Å². The molecule has 4 heteroatoms. The van der Waals surface area contributed by atoms with Gasteiger partial charge in [0.05, 0.1) is 6.61 Å². The van der Waals surface area contributed by atoms with Crippen molar-refractivity contribution >= 4 is 6.09 Å². The highest BCUT2D eigenvalue weighted by Gasteiger charge is 2.14. The Bertz CT molecular complexity index is 598. The molecule has 1 amide bonds. The predicted molar refractivity (Wildman–Crippen MR) is 85.8 cm³/mol. The minimum Gasteiger partial charge on any atom is -0.485 e. The summed E-state index contributed by atoms with van der Waals surface area (Å²) in [5, 5.41) is 0. The van der Waals surface area contributed by atoms with E-state index in [1.165, 1.54) is 0 Å². The van der Waals surface area contributed by atoms with E-state index < -0.39 is 6.09 Å². The van der Waals surface area contributed by atoms with Gasteiger partial charge in [0.25, 0.3) is 0 Å². The van der Waals surface area contributed by atoms with Crippen LogP contribution in [-0.2, 0) is 4.74 Å². The zero-order valence-corrected chi connectivity index (χ0v) is 12.7. The normalized spacial score (nSPS) is 11.7. The summed E-state index contributed by atoms with van der Waals surface area (Å²) in [6.07, 6.45) is 0.606. The molecule has 0 fully saturated rings. The third-order valence-corrected chi connectivity index (χ3v) is 3.39. The summed E-state index contributed by atoms with van der Waals surface area (Å²) in [7, 11) is 0. The summed E-state index contributed by atoms with van der Waals surface area (Å²) in [5.74, 6) is 0.868. The zero-order valence-electron chi connectivity index (χ0n) is 12.7. The molecule has 22 heavy (non-hydrogen) atoms. The maximum Gasteiger partial charge on any atom is 0.404 e. The molecule has 0 radical (unpaired) electrons. The van der Waals surface area contributed by atoms with Crippen molar-refractivity contribution < 1.29 is 14.3 Å². The Kier molecular flexibility index (Phi) is 5.83. The Hall–Kier alpha value is -2.49. The van der Waals surface area contributed by atoms with Crippen molar-refractivity contribution in [3.8, 4) is 5.75 Å².